The summed E-state index contributed by atoms with van der Waals surface area (Å²) in [5, 5.41) is 3.28. The van der Waals surface area contributed by atoms with Gasteiger partial charge in [-0.1, -0.05) is 18.2 Å². The van der Waals surface area contributed by atoms with E-state index in [1.807, 2.05) is 32.0 Å². The second-order valence-corrected chi connectivity index (χ2v) is 5.41. The minimum absolute atomic E-state index is 0. The first-order chi connectivity index (χ1) is 10.2. The third-order valence-electron chi connectivity index (χ3n) is 3.32. The number of nitrogens with two attached hydrogens (primary N) is 1. The molecule has 1 aromatic rings. The molecule has 1 unspecified atom stereocenters. The molecule has 0 aliphatic carbocycles. The minimum atomic E-state index is 0. The molecule has 0 bridgehead atoms. The Labute approximate surface area is 149 Å². The lowest BCUT2D eigenvalue weighted by molar-refractivity contribution is 0.0783. The second kappa shape index (κ2) is 9.89. The average Bonchev–Trinajstić information content (AvgIpc) is 2.47. The van der Waals surface area contributed by atoms with Crippen molar-refractivity contribution < 1.29 is 9.47 Å². The van der Waals surface area contributed by atoms with E-state index in [1.54, 1.807) is 0 Å². The Balaban J connectivity index is 0.00000242. The number of rotatable bonds is 6. The number of ether oxygens (including phenoxy) is 2. The molecule has 6 heteroatoms. The van der Waals surface area contributed by atoms with Crippen LogP contribution in [-0.4, -0.2) is 31.8 Å². The molecule has 1 atom stereocenters. The lowest BCUT2D eigenvalue weighted by Gasteiger charge is -2.26. The van der Waals surface area contributed by atoms with Crippen molar-refractivity contribution in [3.8, 4) is 5.75 Å². The highest BCUT2D eigenvalue weighted by molar-refractivity contribution is 14.0. The third kappa shape index (κ3) is 6.00. The van der Waals surface area contributed by atoms with Crippen molar-refractivity contribution >= 4 is 29.9 Å². The first kappa shape index (κ1) is 19.0. The molecule has 0 spiro atoms. The fraction of sp³-hybridized carbons (Fsp3) is 0.562. The molecule has 1 aliphatic heterocycles. The molecule has 0 saturated heterocycles. The summed E-state index contributed by atoms with van der Waals surface area (Å²) in [4.78, 5) is 4.35. The summed E-state index contributed by atoms with van der Waals surface area (Å²) in [6.07, 6.45) is 2.04. The van der Waals surface area contributed by atoms with Crippen LogP contribution in [-0.2, 0) is 4.74 Å². The van der Waals surface area contributed by atoms with Crippen LogP contribution in [0.3, 0.4) is 0 Å². The van der Waals surface area contributed by atoms with Crippen molar-refractivity contribution in [2.75, 3.05) is 19.8 Å². The Hall–Kier alpha value is -1.02. The lowest BCUT2D eigenvalue weighted by Crippen LogP contribution is -2.37. The van der Waals surface area contributed by atoms with Crippen molar-refractivity contribution in [2.45, 2.75) is 38.8 Å². The maximum absolute atomic E-state index is 5.96. The van der Waals surface area contributed by atoms with Crippen molar-refractivity contribution in [3.63, 3.8) is 0 Å². The number of hydrogen-bond donors (Lipinski definition) is 2. The van der Waals surface area contributed by atoms with Gasteiger partial charge in [0.25, 0.3) is 0 Å². The summed E-state index contributed by atoms with van der Waals surface area (Å²) in [5.74, 6) is 1.42. The van der Waals surface area contributed by atoms with E-state index in [0.717, 1.165) is 24.2 Å². The number of aliphatic imine (C=N–C) groups is 1. The first-order valence-corrected chi connectivity index (χ1v) is 7.56. The van der Waals surface area contributed by atoms with Crippen molar-refractivity contribution in [3.05, 3.63) is 29.8 Å². The summed E-state index contributed by atoms with van der Waals surface area (Å²) >= 11 is 0. The van der Waals surface area contributed by atoms with Gasteiger partial charge in [0, 0.05) is 25.1 Å². The number of para-hydroxylation sites is 1. The molecule has 2 rings (SSSR count). The van der Waals surface area contributed by atoms with Gasteiger partial charge in [-0.25, -0.2) is 0 Å². The highest BCUT2D eigenvalue weighted by atomic mass is 127. The third-order valence-corrected chi connectivity index (χ3v) is 3.32. The Kier molecular flexibility index (Phi) is 8.55. The van der Waals surface area contributed by atoms with Crippen LogP contribution in [0, 0.1) is 0 Å². The molecule has 0 fully saturated rings. The summed E-state index contributed by atoms with van der Waals surface area (Å²) < 4.78 is 11.1. The number of fused-ring (bicyclic) bond motifs is 1. The van der Waals surface area contributed by atoms with Gasteiger partial charge in [-0.3, -0.25) is 4.99 Å². The smallest absolute Gasteiger partial charge is 0.189 e. The Morgan fingerprint density at radius 3 is 3.00 bits per heavy atom. The summed E-state index contributed by atoms with van der Waals surface area (Å²) in [5.41, 5.74) is 7.10. The molecule has 5 nitrogen and oxygen atoms in total. The van der Waals surface area contributed by atoms with E-state index in [9.17, 15) is 0 Å². The Bertz CT molecular complexity index is 480. The molecule has 1 aromatic carbocycles. The Morgan fingerprint density at radius 2 is 2.23 bits per heavy atom. The minimum Gasteiger partial charge on any atom is -0.493 e. The summed E-state index contributed by atoms with van der Waals surface area (Å²) in [6, 6.07) is 8.22. The molecule has 124 valence electrons. The largest absolute Gasteiger partial charge is 0.493 e. The van der Waals surface area contributed by atoms with E-state index in [1.165, 1.54) is 0 Å². The van der Waals surface area contributed by atoms with Crippen LogP contribution < -0.4 is 15.8 Å². The van der Waals surface area contributed by atoms with Gasteiger partial charge >= 0.3 is 0 Å². The van der Waals surface area contributed by atoms with Gasteiger partial charge in [-0.05, 0) is 26.3 Å². The molecule has 3 N–H and O–H groups in total. The van der Waals surface area contributed by atoms with Crippen LogP contribution in [0.15, 0.2) is 29.3 Å². The summed E-state index contributed by atoms with van der Waals surface area (Å²) in [7, 11) is 0. The zero-order chi connectivity index (χ0) is 15.1. The van der Waals surface area contributed by atoms with Crippen LogP contribution >= 0.6 is 24.0 Å². The topological polar surface area (TPSA) is 68.9 Å². The Morgan fingerprint density at radius 1 is 1.45 bits per heavy atom. The van der Waals surface area contributed by atoms with Gasteiger partial charge in [0.1, 0.15) is 5.75 Å². The average molecular weight is 419 g/mol. The standard InChI is InChI=1S/C16H25N3O2.HI/c1-12(2)20-10-5-9-18-16(17)19-14-8-11-21-15-7-4-3-6-13(14)15;/h3-4,6-7,12,14H,5,8-11H2,1-2H3,(H3,17,18,19);1H. The van der Waals surface area contributed by atoms with Crippen molar-refractivity contribution in [1.82, 2.24) is 5.32 Å². The van der Waals surface area contributed by atoms with E-state index in [-0.39, 0.29) is 36.1 Å². The van der Waals surface area contributed by atoms with Gasteiger partial charge in [0.2, 0.25) is 0 Å². The van der Waals surface area contributed by atoms with Crippen LogP contribution in [0.4, 0.5) is 0 Å². The maximum atomic E-state index is 5.96. The molecule has 1 aliphatic rings. The van der Waals surface area contributed by atoms with Crippen LogP contribution in [0.1, 0.15) is 38.3 Å². The van der Waals surface area contributed by atoms with Gasteiger partial charge in [0.05, 0.1) is 18.8 Å². The molecular weight excluding hydrogens is 393 g/mol. The highest BCUT2D eigenvalue weighted by Gasteiger charge is 2.20. The monoisotopic (exact) mass is 419 g/mol. The number of halogens is 1. The maximum Gasteiger partial charge on any atom is 0.189 e. The number of nitrogens with zero attached hydrogens (tertiary/aromatic N) is 1. The van der Waals surface area contributed by atoms with Crippen LogP contribution in [0.2, 0.25) is 0 Å². The SMILES string of the molecule is CC(C)OCCCN=C(N)NC1CCOc2ccccc21.I. The summed E-state index contributed by atoms with van der Waals surface area (Å²) in [6.45, 7) is 6.15. The molecule has 0 aromatic heterocycles. The molecule has 22 heavy (non-hydrogen) atoms. The van der Waals surface area contributed by atoms with Gasteiger partial charge in [0.15, 0.2) is 5.96 Å². The van der Waals surface area contributed by atoms with Crippen molar-refractivity contribution in [1.29, 1.82) is 0 Å². The number of guanidine groups is 1. The lowest BCUT2D eigenvalue weighted by atomic mass is 10.0. The number of nitrogens with one attached hydrogen (secondary N) is 1. The van der Waals surface area contributed by atoms with E-state index in [2.05, 4.69) is 16.4 Å². The van der Waals surface area contributed by atoms with E-state index in [0.29, 0.717) is 25.7 Å². The van der Waals surface area contributed by atoms with Crippen molar-refractivity contribution in [2.24, 2.45) is 10.7 Å². The van der Waals surface area contributed by atoms with Gasteiger partial charge in [-0.15, -0.1) is 24.0 Å². The number of hydrogen-bond acceptors (Lipinski definition) is 3. The number of benzene rings is 1. The fourth-order valence-electron chi connectivity index (χ4n) is 2.30. The quantitative estimate of drug-likeness (QED) is 0.322. The normalized spacial score (nSPS) is 17.4. The van der Waals surface area contributed by atoms with Crippen LogP contribution in [0.25, 0.3) is 0 Å². The molecular formula is C16H26IN3O2. The molecule has 0 saturated carbocycles. The predicted molar refractivity (Wildman–Crippen MR) is 100 cm³/mol. The molecule has 0 radical (unpaired) electrons. The fourth-order valence-corrected chi connectivity index (χ4v) is 2.30. The highest BCUT2D eigenvalue weighted by Crippen LogP contribution is 2.31. The first-order valence-electron chi connectivity index (χ1n) is 7.56. The van der Waals surface area contributed by atoms with Crippen LogP contribution in [0.5, 0.6) is 5.75 Å². The van der Waals surface area contributed by atoms with Gasteiger partial charge < -0.3 is 20.5 Å². The van der Waals surface area contributed by atoms with E-state index >= 15 is 0 Å². The zero-order valence-electron chi connectivity index (χ0n) is 13.2. The predicted octanol–water partition coefficient (Wildman–Crippen LogP) is 2.85. The molecule has 0 amide bonds. The second-order valence-electron chi connectivity index (χ2n) is 5.41. The molecule has 1 heterocycles. The van der Waals surface area contributed by atoms with E-state index in [4.69, 9.17) is 15.2 Å². The van der Waals surface area contributed by atoms with E-state index < -0.39 is 0 Å². The van der Waals surface area contributed by atoms with Gasteiger partial charge in [-0.2, -0.15) is 0 Å². The zero-order valence-corrected chi connectivity index (χ0v) is 15.6.